The molecule has 1 amide bonds. The molecule has 1 aliphatic rings. The number of carboxylic acid groups (broad SMARTS) is 1. The minimum Gasteiger partial charge on any atom is -0.497 e. The monoisotopic (exact) mass is 491 g/mol. The van der Waals surface area contributed by atoms with Crippen LogP contribution in [-0.2, 0) is 35.3 Å². The molecule has 1 N–H and O–H groups in total. The molecule has 0 saturated carbocycles. The molecule has 4 rings (SSSR count). The molecule has 6 nitrogen and oxygen atoms in total. The molecule has 0 spiro atoms. The smallest absolute Gasteiger partial charge is 0.323 e. The van der Waals surface area contributed by atoms with Gasteiger partial charge in [0.15, 0.2) is 0 Å². The number of hydrogen-bond donors (Lipinski definition) is 1. The Bertz CT molecular complexity index is 1240. The van der Waals surface area contributed by atoms with Crippen molar-refractivity contribution in [3.63, 3.8) is 0 Å². The van der Waals surface area contributed by atoms with E-state index >= 15 is 0 Å². The van der Waals surface area contributed by atoms with Crippen LogP contribution in [0.2, 0.25) is 0 Å². The van der Waals surface area contributed by atoms with Crippen molar-refractivity contribution in [3.05, 3.63) is 94.8 Å². The molecule has 1 aliphatic heterocycles. The average molecular weight is 492 g/mol. The van der Waals surface area contributed by atoms with Crippen molar-refractivity contribution in [1.82, 2.24) is 4.90 Å². The molecule has 0 aliphatic carbocycles. The van der Waals surface area contributed by atoms with E-state index in [0.717, 1.165) is 33.8 Å². The van der Waals surface area contributed by atoms with Gasteiger partial charge in [0.05, 0.1) is 13.5 Å². The highest BCUT2D eigenvalue weighted by Gasteiger charge is 2.35. The van der Waals surface area contributed by atoms with Gasteiger partial charge in [0.25, 0.3) is 0 Å². The number of carbonyl (C=O) groups is 2. The van der Waals surface area contributed by atoms with E-state index in [1.807, 2.05) is 49.4 Å². The Balaban J connectivity index is 1.41. The van der Waals surface area contributed by atoms with Crippen LogP contribution < -0.4 is 9.47 Å². The van der Waals surface area contributed by atoms with Crippen LogP contribution in [-0.4, -0.2) is 47.7 Å². The van der Waals surface area contributed by atoms with Gasteiger partial charge in [-0.25, -0.2) is 4.39 Å². The van der Waals surface area contributed by atoms with Gasteiger partial charge in [-0.15, -0.1) is 0 Å². The number of carboxylic acids is 1. The second-order valence-electron chi connectivity index (χ2n) is 9.46. The molecular weight excluding hydrogens is 461 g/mol. The van der Waals surface area contributed by atoms with Gasteiger partial charge in [-0.3, -0.25) is 9.59 Å². The maximum Gasteiger partial charge on any atom is 0.323 e. The Morgan fingerprint density at radius 3 is 2.53 bits per heavy atom. The molecule has 0 radical (unpaired) electrons. The van der Waals surface area contributed by atoms with E-state index in [1.54, 1.807) is 19.2 Å². The lowest BCUT2D eigenvalue weighted by Gasteiger charge is -2.24. The molecule has 1 atom stereocenters. The van der Waals surface area contributed by atoms with E-state index in [-0.39, 0.29) is 24.7 Å². The summed E-state index contributed by atoms with van der Waals surface area (Å²) in [5.74, 6) is -0.0676. The molecule has 188 valence electrons. The van der Waals surface area contributed by atoms with Gasteiger partial charge in [-0.1, -0.05) is 36.4 Å². The largest absolute Gasteiger partial charge is 0.497 e. The molecule has 0 aromatic heterocycles. The molecule has 0 fully saturated rings. The zero-order valence-corrected chi connectivity index (χ0v) is 20.5. The zero-order chi connectivity index (χ0) is 25.7. The van der Waals surface area contributed by atoms with Gasteiger partial charge in [0.2, 0.25) is 5.91 Å². The Morgan fingerprint density at radius 2 is 1.81 bits per heavy atom. The summed E-state index contributed by atoms with van der Waals surface area (Å²) < 4.78 is 24.7. The van der Waals surface area contributed by atoms with Crippen LogP contribution in [0.1, 0.15) is 29.2 Å². The maximum atomic E-state index is 13.3. The molecule has 36 heavy (non-hydrogen) atoms. The van der Waals surface area contributed by atoms with Gasteiger partial charge < -0.3 is 19.5 Å². The Kier molecular flexibility index (Phi) is 7.58. The van der Waals surface area contributed by atoms with E-state index in [4.69, 9.17) is 9.47 Å². The van der Waals surface area contributed by atoms with Crippen LogP contribution in [0.3, 0.4) is 0 Å². The number of amides is 1. The minimum absolute atomic E-state index is 0.105. The lowest BCUT2D eigenvalue weighted by atomic mass is 9.91. The summed E-state index contributed by atoms with van der Waals surface area (Å²) in [6.45, 7) is 1.96. The van der Waals surface area contributed by atoms with Crippen molar-refractivity contribution < 1.29 is 28.6 Å². The fourth-order valence-corrected chi connectivity index (χ4v) is 4.65. The number of carbonyl (C=O) groups excluding carboxylic acids is 1. The number of ether oxygens (including phenoxy) is 2. The topological polar surface area (TPSA) is 76.1 Å². The van der Waals surface area contributed by atoms with Crippen LogP contribution >= 0.6 is 0 Å². The van der Waals surface area contributed by atoms with Gasteiger partial charge >= 0.3 is 5.97 Å². The SMILES string of the molecule is COc1cccc(CCN(CC(=O)O)C(=O)Cc2ccc3c(c2)C[C@](C)(Cc2ccc(F)cc2)O3)c1. The third kappa shape index (κ3) is 6.42. The molecule has 3 aromatic rings. The van der Waals surface area contributed by atoms with Crippen molar-refractivity contribution >= 4 is 11.9 Å². The highest BCUT2D eigenvalue weighted by atomic mass is 19.1. The van der Waals surface area contributed by atoms with Crippen LogP contribution in [0.5, 0.6) is 11.5 Å². The van der Waals surface area contributed by atoms with Crippen molar-refractivity contribution in [3.8, 4) is 11.5 Å². The minimum atomic E-state index is -1.05. The fourth-order valence-electron chi connectivity index (χ4n) is 4.65. The van der Waals surface area contributed by atoms with Crippen LogP contribution in [0.25, 0.3) is 0 Å². The summed E-state index contributed by atoms with van der Waals surface area (Å²) in [6, 6.07) is 19.6. The van der Waals surface area contributed by atoms with Crippen molar-refractivity contribution in [1.29, 1.82) is 0 Å². The number of rotatable bonds is 10. The first-order valence-corrected chi connectivity index (χ1v) is 11.9. The number of fused-ring (bicyclic) bond motifs is 1. The summed E-state index contributed by atoms with van der Waals surface area (Å²) in [5, 5.41) is 9.35. The summed E-state index contributed by atoms with van der Waals surface area (Å²) >= 11 is 0. The lowest BCUT2D eigenvalue weighted by molar-refractivity contribution is -0.144. The number of halogens is 1. The summed E-state index contributed by atoms with van der Waals surface area (Å²) in [4.78, 5) is 25.9. The van der Waals surface area contributed by atoms with Gasteiger partial charge in [-0.05, 0) is 65.9 Å². The van der Waals surface area contributed by atoms with Crippen molar-refractivity contribution in [2.24, 2.45) is 0 Å². The quantitative estimate of drug-likeness (QED) is 0.453. The number of benzene rings is 3. The number of nitrogens with zero attached hydrogens (tertiary/aromatic N) is 1. The highest BCUT2D eigenvalue weighted by Crippen LogP contribution is 2.37. The molecule has 0 bridgehead atoms. The fraction of sp³-hybridized carbons (Fsp3) is 0.310. The molecule has 0 saturated heterocycles. The first-order chi connectivity index (χ1) is 17.2. The predicted molar refractivity (Wildman–Crippen MR) is 134 cm³/mol. The Hall–Kier alpha value is -3.87. The van der Waals surface area contributed by atoms with E-state index < -0.39 is 11.6 Å². The van der Waals surface area contributed by atoms with Gasteiger partial charge in [0.1, 0.15) is 29.5 Å². The summed E-state index contributed by atoms with van der Waals surface area (Å²) in [7, 11) is 1.59. The van der Waals surface area contributed by atoms with E-state index in [9.17, 15) is 19.1 Å². The Labute approximate surface area is 210 Å². The molecule has 3 aromatic carbocycles. The number of hydrogen-bond acceptors (Lipinski definition) is 4. The molecule has 7 heteroatoms. The summed E-state index contributed by atoms with van der Waals surface area (Å²) in [5.41, 5.74) is 3.31. The van der Waals surface area contributed by atoms with Gasteiger partial charge in [0, 0.05) is 19.4 Å². The highest BCUT2D eigenvalue weighted by molar-refractivity contribution is 5.83. The average Bonchev–Trinajstić information content (AvgIpc) is 3.18. The maximum absolute atomic E-state index is 13.3. The first-order valence-electron chi connectivity index (χ1n) is 11.9. The molecule has 1 heterocycles. The van der Waals surface area contributed by atoms with Crippen molar-refractivity contribution in [2.45, 2.75) is 38.2 Å². The third-order valence-corrected chi connectivity index (χ3v) is 6.38. The molecular formula is C29H30FNO5. The predicted octanol–water partition coefficient (Wildman–Crippen LogP) is 4.47. The Morgan fingerprint density at radius 1 is 1.06 bits per heavy atom. The van der Waals surface area contributed by atoms with Crippen LogP contribution in [0.4, 0.5) is 4.39 Å². The van der Waals surface area contributed by atoms with E-state index in [1.165, 1.54) is 17.0 Å². The van der Waals surface area contributed by atoms with Crippen LogP contribution in [0, 0.1) is 5.82 Å². The second kappa shape index (κ2) is 10.8. The number of aliphatic carboxylic acids is 1. The van der Waals surface area contributed by atoms with Crippen LogP contribution in [0.15, 0.2) is 66.7 Å². The van der Waals surface area contributed by atoms with Crippen molar-refractivity contribution in [2.75, 3.05) is 20.2 Å². The van der Waals surface area contributed by atoms with Gasteiger partial charge in [-0.2, -0.15) is 0 Å². The second-order valence-corrected chi connectivity index (χ2v) is 9.46. The normalized spacial score (nSPS) is 16.2. The molecule has 0 unspecified atom stereocenters. The summed E-state index contributed by atoms with van der Waals surface area (Å²) in [6.07, 6.45) is 1.92. The third-order valence-electron chi connectivity index (χ3n) is 6.38. The number of methoxy groups -OCH3 is 1. The zero-order valence-electron chi connectivity index (χ0n) is 20.5. The van der Waals surface area contributed by atoms with E-state index in [2.05, 4.69) is 0 Å². The lowest BCUT2D eigenvalue weighted by Crippen LogP contribution is -2.38. The standard InChI is InChI=1S/C29H30FNO5/c1-29(17-21-6-9-24(30)10-7-21)18-23-14-22(8-11-26(23)36-29)16-27(32)31(19-28(33)34)13-12-20-4-3-5-25(15-20)35-2/h3-11,14-15H,12-13,16-19H2,1-2H3,(H,33,34)/t29-/m0/s1. The first kappa shape index (κ1) is 25.2. The van der Waals surface area contributed by atoms with E-state index in [0.29, 0.717) is 25.8 Å².